The van der Waals surface area contributed by atoms with E-state index in [1.165, 1.54) is 9.80 Å². The number of amides is 2. The van der Waals surface area contributed by atoms with Gasteiger partial charge in [-0.25, -0.2) is 0 Å². The summed E-state index contributed by atoms with van der Waals surface area (Å²) in [6, 6.07) is 7.25. The lowest BCUT2D eigenvalue weighted by Gasteiger charge is -2.34. The van der Waals surface area contributed by atoms with Crippen molar-refractivity contribution < 1.29 is 19.1 Å². The zero-order valence-electron chi connectivity index (χ0n) is 13.4. The lowest BCUT2D eigenvalue weighted by molar-refractivity contribution is -0.148. The van der Waals surface area contributed by atoms with Crippen molar-refractivity contribution in [3.8, 4) is 11.5 Å². The van der Waals surface area contributed by atoms with Crippen LogP contribution in [-0.4, -0.2) is 61.0 Å². The van der Waals surface area contributed by atoms with Crippen molar-refractivity contribution in [1.82, 2.24) is 9.80 Å². The first kappa shape index (κ1) is 16.1. The van der Waals surface area contributed by atoms with E-state index in [0.29, 0.717) is 18.0 Å². The minimum Gasteiger partial charge on any atom is -0.482 e. The van der Waals surface area contributed by atoms with Gasteiger partial charge < -0.3 is 19.3 Å². The Morgan fingerprint density at radius 3 is 2.27 bits per heavy atom. The van der Waals surface area contributed by atoms with E-state index in [-0.39, 0.29) is 18.4 Å². The van der Waals surface area contributed by atoms with Crippen LogP contribution in [0.4, 0.5) is 0 Å². The second kappa shape index (κ2) is 6.68. The Bertz CT molecular complexity index is 559. The van der Waals surface area contributed by atoms with Gasteiger partial charge in [0, 0.05) is 20.6 Å². The third-order valence-corrected chi connectivity index (χ3v) is 3.60. The topological polar surface area (TPSA) is 59.1 Å². The molecule has 0 spiro atoms. The number of para-hydroxylation sites is 2. The summed E-state index contributed by atoms with van der Waals surface area (Å²) in [4.78, 5) is 27.4. The molecule has 120 valence electrons. The van der Waals surface area contributed by atoms with Gasteiger partial charge in [0.25, 0.3) is 5.91 Å². The average Bonchev–Trinajstić information content (AvgIpc) is 2.50. The molecule has 1 heterocycles. The van der Waals surface area contributed by atoms with Crippen molar-refractivity contribution >= 4 is 11.8 Å². The molecule has 6 heteroatoms. The zero-order valence-corrected chi connectivity index (χ0v) is 13.4. The molecule has 2 amide bonds. The van der Waals surface area contributed by atoms with Crippen LogP contribution in [0.15, 0.2) is 24.3 Å². The molecule has 0 unspecified atom stereocenters. The first-order valence-electron chi connectivity index (χ1n) is 7.35. The number of ether oxygens (including phenoxy) is 2. The molecule has 1 aromatic rings. The highest BCUT2D eigenvalue weighted by Gasteiger charge is 2.36. The minimum absolute atomic E-state index is 0.0383. The maximum atomic E-state index is 12.7. The lowest BCUT2D eigenvalue weighted by Crippen LogP contribution is -2.52. The molecule has 0 saturated carbocycles. The summed E-state index contributed by atoms with van der Waals surface area (Å²) in [5, 5.41) is 0. The van der Waals surface area contributed by atoms with Crippen LogP contribution in [0.1, 0.15) is 13.8 Å². The highest BCUT2D eigenvalue weighted by molar-refractivity contribution is 5.87. The van der Waals surface area contributed by atoms with Crippen LogP contribution >= 0.6 is 0 Å². The fraction of sp³-hybridized carbons (Fsp3) is 0.500. The van der Waals surface area contributed by atoms with Crippen molar-refractivity contribution in [1.29, 1.82) is 0 Å². The molecule has 0 N–H and O–H groups in total. The first-order chi connectivity index (χ1) is 10.4. The smallest absolute Gasteiger partial charge is 0.268 e. The number of hydrogen-bond donors (Lipinski definition) is 0. The normalized spacial score (nSPS) is 19.5. The van der Waals surface area contributed by atoms with Gasteiger partial charge in [-0.2, -0.15) is 0 Å². The molecule has 1 aliphatic rings. The molecule has 0 fully saturated rings. The van der Waals surface area contributed by atoms with Gasteiger partial charge in [0.05, 0.1) is 6.54 Å². The summed E-state index contributed by atoms with van der Waals surface area (Å²) in [5.41, 5.74) is 0. The van der Waals surface area contributed by atoms with Gasteiger partial charge in [-0.3, -0.25) is 9.59 Å². The number of fused-ring (bicyclic) bond motifs is 1. The summed E-state index contributed by atoms with van der Waals surface area (Å²) >= 11 is 0. The number of likely N-dealkylation sites (N-methyl/N-ethyl adjacent to an activating group) is 2. The lowest BCUT2D eigenvalue weighted by atomic mass is 10.1. The highest BCUT2D eigenvalue weighted by atomic mass is 16.6. The van der Waals surface area contributed by atoms with Crippen LogP contribution < -0.4 is 9.47 Å². The Hall–Kier alpha value is -2.24. The van der Waals surface area contributed by atoms with Gasteiger partial charge in [0.1, 0.15) is 6.10 Å². The SMILES string of the molecule is CCN(CC(=O)N(C)C)C(=O)[C@@H]1Oc2ccccc2O[C@H]1C. The molecule has 6 nitrogen and oxygen atoms in total. The largest absolute Gasteiger partial charge is 0.482 e. The van der Waals surface area contributed by atoms with Gasteiger partial charge in [-0.05, 0) is 26.0 Å². The van der Waals surface area contributed by atoms with E-state index < -0.39 is 12.2 Å². The molecule has 0 bridgehead atoms. The van der Waals surface area contributed by atoms with Crippen LogP contribution in [0.2, 0.25) is 0 Å². The predicted molar refractivity (Wildman–Crippen MR) is 81.9 cm³/mol. The second-order valence-corrected chi connectivity index (χ2v) is 5.45. The van der Waals surface area contributed by atoms with E-state index >= 15 is 0 Å². The molecular weight excluding hydrogens is 284 g/mol. The number of benzene rings is 1. The molecule has 2 atom stereocenters. The fourth-order valence-corrected chi connectivity index (χ4v) is 2.22. The Morgan fingerprint density at radius 2 is 1.73 bits per heavy atom. The number of hydrogen-bond acceptors (Lipinski definition) is 4. The van der Waals surface area contributed by atoms with Gasteiger partial charge in [0.15, 0.2) is 11.5 Å². The van der Waals surface area contributed by atoms with Crippen LogP contribution in [0.5, 0.6) is 11.5 Å². The standard InChI is InChI=1S/C16H22N2O4/c1-5-18(10-14(19)17(3)4)16(20)15-11(2)21-12-8-6-7-9-13(12)22-15/h6-9,11,15H,5,10H2,1-4H3/t11-,15+/m0/s1. The zero-order chi connectivity index (χ0) is 16.3. The van der Waals surface area contributed by atoms with E-state index in [1.807, 2.05) is 19.1 Å². The maximum absolute atomic E-state index is 12.7. The Labute approximate surface area is 130 Å². The third kappa shape index (κ3) is 3.32. The molecule has 1 aromatic carbocycles. The summed E-state index contributed by atoms with van der Waals surface area (Å²) < 4.78 is 11.5. The molecular formula is C16H22N2O4. The average molecular weight is 306 g/mol. The Morgan fingerprint density at radius 1 is 1.14 bits per heavy atom. The second-order valence-electron chi connectivity index (χ2n) is 5.45. The quantitative estimate of drug-likeness (QED) is 0.837. The van der Waals surface area contributed by atoms with Crippen molar-refractivity contribution in [2.24, 2.45) is 0 Å². The number of carbonyl (C=O) groups is 2. The molecule has 0 aromatic heterocycles. The van der Waals surface area contributed by atoms with Crippen molar-refractivity contribution in [2.75, 3.05) is 27.2 Å². The molecule has 0 aliphatic carbocycles. The van der Waals surface area contributed by atoms with E-state index in [4.69, 9.17) is 9.47 Å². The number of nitrogens with zero attached hydrogens (tertiary/aromatic N) is 2. The molecule has 0 radical (unpaired) electrons. The minimum atomic E-state index is -0.746. The van der Waals surface area contributed by atoms with Crippen LogP contribution in [0.25, 0.3) is 0 Å². The number of carbonyl (C=O) groups excluding carboxylic acids is 2. The van der Waals surface area contributed by atoms with E-state index in [9.17, 15) is 9.59 Å². The van der Waals surface area contributed by atoms with Crippen LogP contribution in [0.3, 0.4) is 0 Å². The fourth-order valence-electron chi connectivity index (χ4n) is 2.22. The van der Waals surface area contributed by atoms with Crippen molar-refractivity contribution in [3.05, 3.63) is 24.3 Å². The number of rotatable bonds is 4. The first-order valence-corrected chi connectivity index (χ1v) is 7.35. The van der Waals surface area contributed by atoms with E-state index in [2.05, 4.69) is 0 Å². The van der Waals surface area contributed by atoms with Crippen LogP contribution in [0, 0.1) is 0 Å². The monoisotopic (exact) mass is 306 g/mol. The van der Waals surface area contributed by atoms with Gasteiger partial charge in [-0.1, -0.05) is 12.1 Å². The van der Waals surface area contributed by atoms with Crippen LogP contribution in [-0.2, 0) is 9.59 Å². The summed E-state index contributed by atoms with van der Waals surface area (Å²) in [6.07, 6.45) is -1.16. The summed E-state index contributed by atoms with van der Waals surface area (Å²) in [7, 11) is 3.33. The third-order valence-electron chi connectivity index (χ3n) is 3.60. The van der Waals surface area contributed by atoms with E-state index in [0.717, 1.165) is 0 Å². The highest BCUT2D eigenvalue weighted by Crippen LogP contribution is 2.33. The summed E-state index contributed by atoms with van der Waals surface area (Å²) in [5.74, 6) is 0.820. The molecule has 1 aliphatic heterocycles. The van der Waals surface area contributed by atoms with Crippen molar-refractivity contribution in [3.63, 3.8) is 0 Å². The molecule has 22 heavy (non-hydrogen) atoms. The van der Waals surface area contributed by atoms with Gasteiger partial charge in [0.2, 0.25) is 12.0 Å². The Balaban J connectivity index is 2.12. The molecule has 0 saturated heterocycles. The predicted octanol–water partition coefficient (Wildman–Crippen LogP) is 1.15. The van der Waals surface area contributed by atoms with E-state index in [1.54, 1.807) is 33.2 Å². The Kier molecular flexibility index (Phi) is 4.90. The van der Waals surface area contributed by atoms with Crippen molar-refractivity contribution in [2.45, 2.75) is 26.1 Å². The molecule has 2 rings (SSSR count). The maximum Gasteiger partial charge on any atom is 0.268 e. The van der Waals surface area contributed by atoms with Gasteiger partial charge in [-0.15, -0.1) is 0 Å². The summed E-state index contributed by atoms with van der Waals surface area (Å²) in [6.45, 7) is 4.10. The van der Waals surface area contributed by atoms with Gasteiger partial charge >= 0.3 is 0 Å².